The zero-order valence-electron chi connectivity index (χ0n) is 12.1. The number of nitrogens with zero attached hydrogens (tertiary/aromatic N) is 1. The molecule has 2 atom stereocenters. The Bertz CT molecular complexity index is 240. The predicted molar refractivity (Wildman–Crippen MR) is 74.2 cm³/mol. The zero-order valence-corrected chi connectivity index (χ0v) is 12.1. The van der Waals surface area contributed by atoms with E-state index in [2.05, 4.69) is 37.9 Å². The Morgan fingerprint density at radius 3 is 2.53 bits per heavy atom. The molecule has 1 saturated heterocycles. The average molecular weight is 238 g/mol. The molecule has 0 aromatic heterocycles. The number of piperazine rings is 1. The summed E-state index contributed by atoms with van der Waals surface area (Å²) in [5.41, 5.74) is 0.385. The predicted octanol–water partition coefficient (Wildman–Crippen LogP) is 2.89. The SMILES string of the molecule is CCC(CC1CC1)N1CCNC(C(C)(C)C)C1. The van der Waals surface area contributed by atoms with Gasteiger partial charge in [-0.25, -0.2) is 0 Å². The summed E-state index contributed by atoms with van der Waals surface area (Å²) in [5, 5.41) is 3.70. The van der Waals surface area contributed by atoms with Gasteiger partial charge in [0.25, 0.3) is 0 Å². The van der Waals surface area contributed by atoms with E-state index >= 15 is 0 Å². The molecule has 0 spiro atoms. The van der Waals surface area contributed by atoms with E-state index in [4.69, 9.17) is 0 Å². The third-order valence-corrected chi connectivity index (χ3v) is 4.54. The van der Waals surface area contributed by atoms with Crippen LogP contribution in [-0.2, 0) is 0 Å². The second-order valence-corrected chi connectivity index (χ2v) is 7.11. The molecule has 1 aliphatic heterocycles. The number of nitrogens with one attached hydrogen (secondary N) is 1. The summed E-state index contributed by atoms with van der Waals surface area (Å²) in [6.07, 6.45) is 5.76. The van der Waals surface area contributed by atoms with Crippen LogP contribution in [0.4, 0.5) is 0 Å². The van der Waals surface area contributed by atoms with E-state index in [0.717, 1.165) is 12.0 Å². The van der Waals surface area contributed by atoms with Crippen LogP contribution < -0.4 is 5.32 Å². The lowest BCUT2D eigenvalue weighted by Gasteiger charge is -2.43. The fourth-order valence-electron chi connectivity index (χ4n) is 3.00. The van der Waals surface area contributed by atoms with Crippen molar-refractivity contribution >= 4 is 0 Å². The Kier molecular flexibility index (Phi) is 4.14. The molecule has 0 bridgehead atoms. The Balaban J connectivity index is 1.90. The van der Waals surface area contributed by atoms with Gasteiger partial charge in [-0.15, -0.1) is 0 Å². The summed E-state index contributed by atoms with van der Waals surface area (Å²) in [6.45, 7) is 13.1. The molecule has 0 amide bonds. The van der Waals surface area contributed by atoms with E-state index in [-0.39, 0.29) is 0 Å². The smallest absolute Gasteiger partial charge is 0.0244 e. The molecule has 1 heterocycles. The molecular weight excluding hydrogens is 208 g/mol. The Morgan fingerprint density at radius 1 is 1.29 bits per heavy atom. The van der Waals surface area contributed by atoms with Gasteiger partial charge >= 0.3 is 0 Å². The standard InChI is InChI=1S/C15H30N2/c1-5-13(10-12-6-7-12)17-9-8-16-14(11-17)15(2,3)4/h12-14,16H,5-11H2,1-4H3. The molecule has 1 aliphatic carbocycles. The van der Waals surface area contributed by atoms with Gasteiger partial charge in [0.1, 0.15) is 0 Å². The molecule has 2 fully saturated rings. The van der Waals surface area contributed by atoms with E-state index in [1.54, 1.807) is 0 Å². The highest BCUT2D eigenvalue weighted by Gasteiger charge is 2.33. The highest BCUT2D eigenvalue weighted by Crippen LogP contribution is 2.36. The van der Waals surface area contributed by atoms with Crippen LogP contribution in [-0.4, -0.2) is 36.6 Å². The molecule has 2 unspecified atom stereocenters. The number of hydrogen-bond acceptors (Lipinski definition) is 2. The van der Waals surface area contributed by atoms with Gasteiger partial charge in [0, 0.05) is 31.7 Å². The van der Waals surface area contributed by atoms with E-state index in [9.17, 15) is 0 Å². The van der Waals surface area contributed by atoms with Crippen LogP contribution in [0, 0.1) is 11.3 Å². The minimum absolute atomic E-state index is 0.385. The maximum atomic E-state index is 3.70. The van der Waals surface area contributed by atoms with Crippen LogP contribution in [0.2, 0.25) is 0 Å². The Hall–Kier alpha value is -0.0800. The lowest BCUT2D eigenvalue weighted by Crippen LogP contribution is -2.58. The van der Waals surface area contributed by atoms with E-state index in [1.165, 1.54) is 45.3 Å². The van der Waals surface area contributed by atoms with Crippen molar-refractivity contribution in [1.82, 2.24) is 10.2 Å². The Morgan fingerprint density at radius 2 is 2.00 bits per heavy atom. The first-order chi connectivity index (χ1) is 8.00. The number of rotatable bonds is 4. The first-order valence-corrected chi connectivity index (χ1v) is 7.48. The van der Waals surface area contributed by atoms with Gasteiger partial charge in [-0.3, -0.25) is 4.90 Å². The third-order valence-electron chi connectivity index (χ3n) is 4.54. The van der Waals surface area contributed by atoms with E-state index in [1.807, 2.05) is 0 Å². The van der Waals surface area contributed by atoms with Crippen LogP contribution >= 0.6 is 0 Å². The normalized spacial score (nSPS) is 29.3. The van der Waals surface area contributed by atoms with Crippen LogP contribution in [0.5, 0.6) is 0 Å². The molecular formula is C15H30N2. The Labute approximate surface area is 107 Å². The quantitative estimate of drug-likeness (QED) is 0.810. The molecule has 0 radical (unpaired) electrons. The lowest BCUT2D eigenvalue weighted by atomic mass is 9.85. The lowest BCUT2D eigenvalue weighted by molar-refractivity contribution is 0.0893. The van der Waals surface area contributed by atoms with Crippen molar-refractivity contribution in [3.63, 3.8) is 0 Å². The van der Waals surface area contributed by atoms with Crippen molar-refractivity contribution in [2.45, 2.75) is 65.5 Å². The molecule has 2 heteroatoms. The van der Waals surface area contributed by atoms with Crippen molar-refractivity contribution in [3.05, 3.63) is 0 Å². The summed E-state index contributed by atoms with van der Waals surface area (Å²) in [4.78, 5) is 2.75. The van der Waals surface area contributed by atoms with Gasteiger partial charge in [0.2, 0.25) is 0 Å². The van der Waals surface area contributed by atoms with Crippen molar-refractivity contribution in [2.75, 3.05) is 19.6 Å². The number of hydrogen-bond donors (Lipinski definition) is 1. The van der Waals surface area contributed by atoms with Crippen LogP contribution in [0.25, 0.3) is 0 Å². The second-order valence-electron chi connectivity index (χ2n) is 7.11. The zero-order chi connectivity index (χ0) is 12.5. The summed E-state index contributed by atoms with van der Waals surface area (Å²) in [6, 6.07) is 1.50. The van der Waals surface area contributed by atoms with Crippen molar-refractivity contribution in [3.8, 4) is 0 Å². The van der Waals surface area contributed by atoms with Gasteiger partial charge in [-0.2, -0.15) is 0 Å². The first kappa shape index (κ1) is 13.4. The van der Waals surface area contributed by atoms with E-state index in [0.29, 0.717) is 11.5 Å². The maximum absolute atomic E-state index is 3.70. The molecule has 2 aliphatic rings. The summed E-state index contributed by atoms with van der Waals surface area (Å²) in [7, 11) is 0. The van der Waals surface area contributed by atoms with Gasteiger partial charge in [-0.1, -0.05) is 40.5 Å². The van der Waals surface area contributed by atoms with Gasteiger partial charge < -0.3 is 5.32 Å². The highest BCUT2D eigenvalue weighted by atomic mass is 15.2. The van der Waals surface area contributed by atoms with Gasteiger partial charge in [0.05, 0.1) is 0 Å². The fraction of sp³-hybridized carbons (Fsp3) is 1.00. The molecule has 2 rings (SSSR count). The van der Waals surface area contributed by atoms with Crippen molar-refractivity contribution in [1.29, 1.82) is 0 Å². The molecule has 2 nitrogen and oxygen atoms in total. The minimum Gasteiger partial charge on any atom is -0.311 e. The molecule has 0 aromatic rings. The fourth-order valence-corrected chi connectivity index (χ4v) is 3.00. The van der Waals surface area contributed by atoms with Gasteiger partial charge in [-0.05, 0) is 24.2 Å². The summed E-state index contributed by atoms with van der Waals surface area (Å²) < 4.78 is 0. The van der Waals surface area contributed by atoms with Crippen molar-refractivity contribution < 1.29 is 0 Å². The van der Waals surface area contributed by atoms with Crippen molar-refractivity contribution in [2.24, 2.45) is 11.3 Å². The second kappa shape index (κ2) is 5.27. The molecule has 17 heavy (non-hydrogen) atoms. The largest absolute Gasteiger partial charge is 0.311 e. The summed E-state index contributed by atoms with van der Waals surface area (Å²) in [5.74, 6) is 1.06. The monoisotopic (exact) mass is 238 g/mol. The molecule has 100 valence electrons. The first-order valence-electron chi connectivity index (χ1n) is 7.48. The minimum atomic E-state index is 0.385. The van der Waals surface area contributed by atoms with Crippen LogP contribution in [0.1, 0.15) is 53.4 Å². The maximum Gasteiger partial charge on any atom is 0.0244 e. The van der Waals surface area contributed by atoms with E-state index < -0.39 is 0 Å². The van der Waals surface area contributed by atoms with Crippen LogP contribution in [0.15, 0.2) is 0 Å². The average Bonchev–Trinajstić information content (AvgIpc) is 3.09. The summed E-state index contributed by atoms with van der Waals surface area (Å²) >= 11 is 0. The molecule has 1 N–H and O–H groups in total. The third kappa shape index (κ3) is 3.69. The highest BCUT2D eigenvalue weighted by molar-refractivity contribution is 4.91. The molecule has 0 aromatic carbocycles. The van der Waals surface area contributed by atoms with Crippen LogP contribution in [0.3, 0.4) is 0 Å². The topological polar surface area (TPSA) is 15.3 Å². The molecule has 1 saturated carbocycles. The van der Waals surface area contributed by atoms with Gasteiger partial charge in [0.15, 0.2) is 0 Å².